The van der Waals surface area contributed by atoms with Crippen molar-refractivity contribution in [2.45, 2.75) is 19.8 Å². The van der Waals surface area contributed by atoms with E-state index < -0.39 is 0 Å². The van der Waals surface area contributed by atoms with Gasteiger partial charge in [-0.2, -0.15) is 0 Å². The summed E-state index contributed by atoms with van der Waals surface area (Å²) in [5.74, 6) is 2.51. The molecule has 0 radical (unpaired) electrons. The molecule has 5 nitrogen and oxygen atoms in total. The number of hydrogen-bond acceptors (Lipinski definition) is 5. The van der Waals surface area contributed by atoms with Crippen molar-refractivity contribution in [3.05, 3.63) is 23.8 Å². The highest BCUT2D eigenvalue weighted by atomic mass is 16.5. The lowest BCUT2D eigenvalue weighted by molar-refractivity contribution is 0.391. The Morgan fingerprint density at radius 3 is 2.68 bits per heavy atom. The molecule has 0 aliphatic carbocycles. The average Bonchev–Trinajstić information content (AvgIpc) is 2.80. The van der Waals surface area contributed by atoms with Gasteiger partial charge in [-0.25, -0.2) is 0 Å². The Kier molecular flexibility index (Phi) is 3.94. The van der Waals surface area contributed by atoms with Crippen LogP contribution in [0.5, 0.6) is 11.5 Å². The Morgan fingerprint density at radius 2 is 2.05 bits per heavy atom. The van der Waals surface area contributed by atoms with Gasteiger partial charge in [0.25, 0.3) is 0 Å². The minimum absolute atomic E-state index is 0.440. The van der Waals surface area contributed by atoms with Crippen molar-refractivity contribution >= 4 is 5.82 Å². The van der Waals surface area contributed by atoms with Crippen molar-refractivity contribution in [3.63, 3.8) is 0 Å². The second kappa shape index (κ2) is 5.65. The number of methoxy groups -OCH3 is 2. The predicted molar refractivity (Wildman–Crippen MR) is 73.5 cm³/mol. The monoisotopic (exact) mass is 262 g/mol. The van der Waals surface area contributed by atoms with Gasteiger partial charge in [-0.05, 0) is 18.6 Å². The molecule has 0 fully saturated rings. The molecule has 1 aromatic heterocycles. The summed E-state index contributed by atoms with van der Waals surface area (Å²) in [7, 11) is 3.22. The largest absolute Gasteiger partial charge is 0.497 e. The van der Waals surface area contributed by atoms with Gasteiger partial charge in [0.1, 0.15) is 11.5 Å². The second-order valence-electron chi connectivity index (χ2n) is 4.19. The number of rotatable bonds is 5. The maximum absolute atomic E-state index is 5.84. The predicted octanol–water partition coefficient (Wildman–Crippen LogP) is 2.89. The smallest absolute Gasteiger partial charge is 0.175 e. The van der Waals surface area contributed by atoms with E-state index in [9.17, 15) is 0 Å². The lowest BCUT2D eigenvalue weighted by atomic mass is 10.0. The number of hydrogen-bond donors (Lipinski definition) is 1. The van der Waals surface area contributed by atoms with E-state index in [0.717, 1.165) is 29.7 Å². The SMILES string of the molecule is CCCc1c(N)noc1-c1ccc(OC)cc1OC. The summed E-state index contributed by atoms with van der Waals surface area (Å²) in [5, 5.41) is 3.85. The van der Waals surface area contributed by atoms with Gasteiger partial charge in [0.05, 0.1) is 19.8 Å². The Morgan fingerprint density at radius 1 is 1.26 bits per heavy atom. The number of nitrogens with zero attached hydrogens (tertiary/aromatic N) is 1. The fraction of sp³-hybridized carbons (Fsp3) is 0.357. The van der Waals surface area contributed by atoms with Gasteiger partial charge >= 0.3 is 0 Å². The van der Waals surface area contributed by atoms with Crippen LogP contribution in [-0.4, -0.2) is 19.4 Å². The van der Waals surface area contributed by atoms with Crippen LogP contribution < -0.4 is 15.2 Å². The molecule has 2 rings (SSSR count). The van der Waals surface area contributed by atoms with Crippen LogP contribution in [0.4, 0.5) is 5.82 Å². The molecule has 0 saturated heterocycles. The molecule has 0 unspecified atom stereocenters. The van der Waals surface area contributed by atoms with Gasteiger partial charge in [0.15, 0.2) is 11.6 Å². The molecule has 0 bridgehead atoms. The van der Waals surface area contributed by atoms with Gasteiger partial charge in [-0.3, -0.25) is 0 Å². The van der Waals surface area contributed by atoms with Crippen LogP contribution in [0.2, 0.25) is 0 Å². The number of anilines is 1. The Hall–Kier alpha value is -2.17. The molecule has 0 atom stereocenters. The maximum atomic E-state index is 5.84. The lowest BCUT2D eigenvalue weighted by Crippen LogP contribution is -1.94. The molecule has 2 N–H and O–H groups in total. The van der Waals surface area contributed by atoms with Crippen LogP contribution in [0.25, 0.3) is 11.3 Å². The Balaban J connectivity index is 2.52. The number of nitrogen functional groups attached to an aromatic ring is 1. The van der Waals surface area contributed by atoms with E-state index >= 15 is 0 Å². The molecule has 0 saturated carbocycles. The fourth-order valence-corrected chi connectivity index (χ4v) is 2.01. The zero-order chi connectivity index (χ0) is 13.8. The average molecular weight is 262 g/mol. The lowest BCUT2D eigenvalue weighted by Gasteiger charge is -2.09. The van der Waals surface area contributed by atoms with Crippen LogP contribution in [0.15, 0.2) is 22.7 Å². The standard InChI is InChI=1S/C14H18N2O3/c1-4-5-11-13(19-16-14(11)15)10-7-6-9(17-2)8-12(10)18-3/h6-8H,4-5H2,1-3H3,(H2,15,16). The third-order valence-corrected chi connectivity index (χ3v) is 2.97. The van der Waals surface area contributed by atoms with Gasteiger partial charge in [0, 0.05) is 11.6 Å². The topological polar surface area (TPSA) is 70.5 Å². The Bertz CT molecular complexity index is 564. The number of ether oxygens (including phenoxy) is 2. The number of benzene rings is 1. The first-order valence-corrected chi connectivity index (χ1v) is 6.17. The zero-order valence-corrected chi connectivity index (χ0v) is 11.4. The molecule has 2 aromatic rings. The summed E-state index contributed by atoms with van der Waals surface area (Å²) in [6.07, 6.45) is 1.79. The van der Waals surface area contributed by atoms with Crippen molar-refractivity contribution in [3.8, 4) is 22.8 Å². The quantitative estimate of drug-likeness (QED) is 0.897. The van der Waals surface area contributed by atoms with E-state index in [1.807, 2.05) is 18.2 Å². The van der Waals surface area contributed by atoms with Crippen LogP contribution in [0, 0.1) is 0 Å². The van der Waals surface area contributed by atoms with Crippen LogP contribution in [0.1, 0.15) is 18.9 Å². The van der Waals surface area contributed by atoms with Gasteiger partial charge in [-0.1, -0.05) is 18.5 Å². The van der Waals surface area contributed by atoms with E-state index in [4.69, 9.17) is 19.7 Å². The first-order chi connectivity index (χ1) is 9.21. The van der Waals surface area contributed by atoms with Gasteiger partial charge < -0.3 is 19.7 Å². The number of aromatic nitrogens is 1. The van der Waals surface area contributed by atoms with E-state index in [1.54, 1.807) is 14.2 Å². The third kappa shape index (κ3) is 2.50. The van der Waals surface area contributed by atoms with E-state index in [2.05, 4.69) is 12.1 Å². The normalized spacial score (nSPS) is 10.5. The van der Waals surface area contributed by atoms with Crippen molar-refractivity contribution in [1.82, 2.24) is 5.16 Å². The molecule has 19 heavy (non-hydrogen) atoms. The van der Waals surface area contributed by atoms with Crippen LogP contribution in [-0.2, 0) is 6.42 Å². The van der Waals surface area contributed by atoms with Crippen LogP contribution in [0.3, 0.4) is 0 Å². The minimum Gasteiger partial charge on any atom is -0.497 e. The Labute approximate surface area is 112 Å². The summed E-state index contributed by atoms with van der Waals surface area (Å²) in [6.45, 7) is 2.08. The minimum atomic E-state index is 0.440. The third-order valence-electron chi connectivity index (χ3n) is 2.97. The van der Waals surface area contributed by atoms with Crippen molar-refractivity contribution in [2.24, 2.45) is 0 Å². The summed E-state index contributed by atoms with van der Waals surface area (Å²) < 4.78 is 15.9. The molecular formula is C14H18N2O3. The molecule has 0 aliphatic rings. The van der Waals surface area contributed by atoms with Crippen molar-refractivity contribution in [1.29, 1.82) is 0 Å². The van der Waals surface area contributed by atoms with Gasteiger partial charge in [0.2, 0.25) is 0 Å². The maximum Gasteiger partial charge on any atom is 0.175 e. The molecular weight excluding hydrogens is 244 g/mol. The molecule has 0 aliphatic heterocycles. The van der Waals surface area contributed by atoms with Crippen LogP contribution >= 0.6 is 0 Å². The highest BCUT2D eigenvalue weighted by Crippen LogP contribution is 2.37. The molecule has 0 amide bonds. The van der Waals surface area contributed by atoms with E-state index in [1.165, 1.54) is 0 Å². The van der Waals surface area contributed by atoms with E-state index in [-0.39, 0.29) is 0 Å². The summed E-state index contributed by atoms with van der Waals surface area (Å²) in [6, 6.07) is 5.55. The highest BCUT2D eigenvalue weighted by Gasteiger charge is 2.18. The molecule has 1 heterocycles. The van der Waals surface area contributed by atoms with E-state index in [0.29, 0.717) is 17.3 Å². The summed E-state index contributed by atoms with van der Waals surface area (Å²) in [4.78, 5) is 0. The molecule has 0 spiro atoms. The molecule has 5 heteroatoms. The van der Waals surface area contributed by atoms with Crippen molar-refractivity contribution in [2.75, 3.05) is 20.0 Å². The highest BCUT2D eigenvalue weighted by molar-refractivity contribution is 5.72. The molecule has 1 aromatic carbocycles. The fourth-order valence-electron chi connectivity index (χ4n) is 2.01. The zero-order valence-electron chi connectivity index (χ0n) is 11.4. The molecule has 102 valence electrons. The second-order valence-corrected chi connectivity index (χ2v) is 4.19. The number of nitrogens with two attached hydrogens (primary N) is 1. The van der Waals surface area contributed by atoms with Crippen molar-refractivity contribution < 1.29 is 14.0 Å². The summed E-state index contributed by atoms with van der Waals surface area (Å²) in [5.41, 5.74) is 7.59. The summed E-state index contributed by atoms with van der Waals surface area (Å²) >= 11 is 0. The van der Waals surface area contributed by atoms with Gasteiger partial charge in [-0.15, -0.1) is 0 Å². The first kappa shape index (κ1) is 13.3. The first-order valence-electron chi connectivity index (χ1n) is 6.17.